The van der Waals surface area contributed by atoms with E-state index in [0.29, 0.717) is 15.7 Å². The first kappa shape index (κ1) is 15.5. The van der Waals surface area contributed by atoms with E-state index in [9.17, 15) is 14.7 Å². The number of hydrogen-bond acceptors (Lipinski definition) is 5. The van der Waals surface area contributed by atoms with Crippen LogP contribution in [0.15, 0.2) is 18.2 Å². The molecule has 0 radical (unpaired) electrons. The summed E-state index contributed by atoms with van der Waals surface area (Å²) in [5, 5.41) is 23.6. The van der Waals surface area contributed by atoms with Gasteiger partial charge in [0, 0.05) is 5.02 Å². The third kappa shape index (κ3) is 3.81. The molecule has 21 heavy (non-hydrogen) atoms. The summed E-state index contributed by atoms with van der Waals surface area (Å²) in [4.78, 5) is 26.8. The number of benzene rings is 1. The number of urea groups is 1. The monoisotopic (exact) mass is 329 g/mol. The molecule has 112 valence electrons. The second-order valence-corrected chi connectivity index (χ2v) is 5.75. The molecule has 1 heterocycles. The van der Waals surface area contributed by atoms with Crippen molar-refractivity contribution in [3.63, 3.8) is 0 Å². The summed E-state index contributed by atoms with van der Waals surface area (Å²) in [7, 11) is 0. The van der Waals surface area contributed by atoms with E-state index in [1.807, 2.05) is 0 Å². The number of rotatable bonds is 4. The Balaban J connectivity index is 2.09. The number of amides is 2. The largest absolute Gasteiger partial charge is 0.480 e. The lowest BCUT2D eigenvalue weighted by Crippen LogP contribution is -2.49. The van der Waals surface area contributed by atoms with Crippen molar-refractivity contribution >= 4 is 50.3 Å². The Morgan fingerprint density at radius 1 is 1.43 bits per heavy atom. The van der Waals surface area contributed by atoms with Crippen molar-refractivity contribution in [2.75, 3.05) is 5.32 Å². The number of aliphatic hydroxyl groups excluding tert-OH is 1. The number of carbonyl (C=O) groups is 2. The third-order valence-electron chi connectivity index (χ3n) is 2.61. The van der Waals surface area contributed by atoms with Crippen LogP contribution >= 0.6 is 22.9 Å². The lowest BCUT2D eigenvalue weighted by Gasteiger charge is -2.16. The molecule has 0 aliphatic carbocycles. The average molecular weight is 330 g/mol. The molecular formula is C12H12ClN3O4S. The van der Waals surface area contributed by atoms with Gasteiger partial charge in [0.05, 0.1) is 16.3 Å². The van der Waals surface area contributed by atoms with Crippen molar-refractivity contribution in [1.82, 2.24) is 10.3 Å². The van der Waals surface area contributed by atoms with Gasteiger partial charge in [-0.1, -0.05) is 22.9 Å². The number of carbonyl (C=O) groups excluding carboxylic acids is 1. The molecular weight excluding hydrogens is 318 g/mol. The summed E-state index contributed by atoms with van der Waals surface area (Å²) >= 11 is 7.06. The van der Waals surface area contributed by atoms with E-state index in [2.05, 4.69) is 15.6 Å². The zero-order valence-corrected chi connectivity index (χ0v) is 12.4. The molecule has 7 nitrogen and oxygen atoms in total. The van der Waals surface area contributed by atoms with Crippen molar-refractivity contribution < 1.29 is 19.8 Å². The van der Waals surface area contributed by atoms with Crippen LogP contribution in [0.4, 0.5) is 9.93 Å². The minimum absolute atomic E-state index is 0.305. The Bertz CT molecular complexity index is 688. The highest BCUT2D eigenvalue weighted by Gasteiger charge is 2.25. The standard InChI is InChI=1S/C12H12ClN3O4S/c1-5(17)9(10(18)19)15-11(20)16-12-14-7-3-2-6(13)4-8(7)21-12/h2-5,9,17H,1H3,(H,18,19)(H2,14,15,16,20). The van der Waals surface area contributed by atoms with Gasteiger partial charge in [-0.2, -0.15) is 0 Å². The van der Waals surface area contributed by atoms with Gasteiger partial charge >= 0.3 is 12.0 Å². The summed E-state index contributed by atoms with van der Waals surface area (Å²) in [5.41, 5.74) is 0.671. The average Bonchev–Trinajstić information content (AvgIpc) is 2.76. The fraction of sp³-hybridized carbons (Fsp3) is 0.250. The molecule has 1 aromatic carbocycles. The fourth-order valence-corrected chi connectivity index (χ4v) is 2.75. The van der Waals surface area contributed by atoms with Gasteiger partial charge in [0.2, 0.25) is 0 Å². The maximum atomic E-state index is 11.7. The SMILES string of the molecule is CC(O)C(NC(=O)Nc1nc2ccc(Cl)cc2s1)C(=O)O. The van der Waals surface area contributed by atoms with Gasteiger partial charge < -0.3 is 15.5 Å². The Labute approximate surface area is 128 Å². The molecule has 2 atom stereocenters. The maximum absolute atomic E-state index is 11.7. The topological polar surface area (TPSA) is 112 Å². The molecule has 2 rings (SSSR count). The number of aliphatic carboxylic acids is 1. The van der Waals surface area contributed by atoms with Gasteiger partial charge in [0.25, 0.3) is 0 Å². The number of thiazole rings is 1. The van der Waals surface area contributed by atoms with Crippen LogP contribution in [0.5, 0.6) is 0 Å². The van der Waals surface area contributed by atoms with Crippen molar-refractivity contribution in [3.05, 3.63) is 23.2 Å². The number of hydrogen-bond donors (Lipinski definition) is 4. The zero-order valence-electron chi connectivity index (χ0n) is 10.8. The summed E-state index contributed by atoms with van der Waals surface area (Å²) in [6.07, 6.45) is -1.22. The van der Waals surface area contributed by atoms with Crippen LogP contribution in [0.25, 0.3) is 10.2 Å². The molecule has 0 bridgehead atoms. The minimum Gasteiger partial charge on any atom is -0.480 e. The van der Waals surface area contributed by atoms with Gasteiger partial charge in [-0.05, 0) is 25.1 Å². The summed E-state index contributed by atoms with van der Waals surface area (Å²) in [5.74, 6) is -1.32. The van der Waals surface area contributed by atoms with Crippen LogP contribution in [0.3, 0.4) is 0 Å². The van der Waals surface area contributed by atoms with Crippen LogP contribution in [-0.2, 0) is 4.79 Å². The highest BCUT2D eigenvalue weighted by atomic mass is 35.5. The van der Waals surface area contributed by atoms with Gasteiger partial charge in [0.1, 0.15) is 0 Å². The molecule has 2 amide bonds. The Morgan fingerprint density at radius 3 is 2.76 bits per heavy atom. The molecule has 0 saturated carbocycles. The number of nitrogens with one attached hydrogen (secondary N) is 2. The molecule has 4 N–H and O–H groups in total. The smallest absolute Gasteiger partial charge is 0.328 e. The summed E-state index contributed by atoms with van der Waals surface area (Å²) in [6, 6.07) is 2.96. The number of anilines is 1. The van der Waals surface area contributed by atoms with E-state index >= 15 is 0 Å². The van der Waals surface area contributed by atoms with E-state index in [-0.39, 0.29) is 0 Å². The predicted octanol–water partition coefficient (Wildman–Crippen LogP) is 1.91. The molecule has 9 heteroatoms. The zero-order chi connectivity index (χ0) is 15.6. The van der Waals surface area contributed by atoms with Gasteiger partial charge in [0.15, 0.2) is 11.2 Å². The van der Waals surface area contributed by atoms with Crippen molar-refractivity contribution in [3.8, 4) is 0 Å². The molecule has 2 unspecified atom stereocenters. The van der Waals surface area contributed by atoms with Crippen molar-refractivity contribution in [2.45, 2.75) is 19.1 Å². The molecule has 0 aliphatic rings. The first-order chi connectivity index (χ1) is 9.86. The molecule has 2 aromatic rings. The maximum Gasteiger partial charge on any atom is 0.328 e. The highest BCUT2D eigenvalue weighted by Crippen LogP contribution is 2.28. The number of fused-ring (bicyclic) bond motifs is 1. The number of carboxylic acids is 1. The lowest BCUT2D eigenvalue weighted by atomic mass is 10.2. The number of carboxylic acid groups (broad SMARTS) is 1. The van der Waals surface area contributed by atoms with Crippen molar-refractivity contribution in [2.24, 2.45) is 0 Å². The minimum atomic E-state index is -1.39. The van der Waals surface area contributed by atoms with E-state index in [0.717, 1.165) is 4.70 Å². The summed E-state index contributed by atoms with van der Waals surface area (Å²) in [6.45, 7) is 1.28. The summed E-state index contributed by atoms with van der Waals surface area (Å²) < 4.78 is 0.795. The Morgan fingerprint density at radius 2 is 2.14 bits per heavy atom. The molecule has 0 saturated heterocycles. The molecule has 0 spiro atoms. The quantitative estimate of drug-likeness (QED) is 0.684. The van der Waals surface area contributed by atoms with Crippen molar-refractivity contribution in [1.29, 1.82) is 0 Å². The normalized spacial score (nSPS) is 13.7. The Hall–Kier alpha value is -1.90. The van der Waals surface area contributed by atoms with Gasteiger partial charge in [-0.3, -0.25) is 5.32 Å². The van der Waals surface area contributed by atoms with Gasteiger partial charge in [-0.15, -0.1) is 0 Å². The number of nitrogens with zero attached hydrogens (tertiary/aromatic N) is 1. The van der Waals surface area contributed by atoms with Crippen LogP contribution in [0.1, 0.15) is 6.92 Å². The Kier molecular flexibility index (Phi) is 4.61. The number of aliphatic hydroxyl groups is 1. The first-order valence-electron chi connectivity index (χ1n) is 5.91. The molecule has 1 aromatic heterocycles. The third-order valence-corrected chi connectivity index (χ3v) is 3.77. The van der Waals surface area contributed by atoms with E-state index in [1.54, 1.807) is 18.2 Å². The van der Waals surface area contributed by atoms with E-state index in [1.165, 1.54) is 18.3 Å². The number of aromatic nitrogens is 1. The second kappa shape index (κ2) is 6.25. The second-order valence-electron chi connectivity index (χ2n) is 4.29. The fourth-order valence-electron chi connectivity index (χ4n) is 1.62. The molecule has 0 aliphatic heterocycles. The van der Waals surface area contributed by atoms with E-state index < -0.39 is 24.1 Å². The predicted molar refractivity (Wildman–Crippen MR) is 79.9 cm³/mol. The van der Waals surface area contributed by atoms with Crippen LogP contribution < -0.4 is 10.6 Å². The van der Waals surface area contributed by atoms with Gasteiger partial charge in [-0.25, -0.2) is 14.6 Å². The van der Waals surface area contributed by atoms with Crippen LogP contribution in [0, 0.1) is 0 Å². The first-order valence-corrected chi connectivity index (χ1v) is 7.11. The van der Waals surface area contributed by atoms with Crippen LogP contribution in [-0.4, -0.2) is 39.3 Å². The highest BCUT2D eigenvalue weighted by molar-refractivity contribution is 7.22. The van der Waals surface area contributed by atoms with E-state index in [4.69, 9.17) is 16.7 Å². The van der Waals surface area contributed by atoms with Crippen LogP contribution in [0.2, 0.25) is 5.02 Å². The number of halogens is 1. The lowest BCUT2D eigenvalue weighted by molar-refractivity contribution is -0.141. The molecule has 0 fully saturated rings.